The highest BCUT2D eigenvalue weighted by atomic mass is 16.7. The minimum absolute atomic E-state index is 0.140. The predicted octanol–water partition coefficient (Wildman–Crippen LogP) is 3.08. The van der Waals surface area contributed by atoms with Crippen LogP contribution in [0.25, 0.3) is 0 Å². The molecule has 1 aliphatic carbocycles. The molecule has 4 aliphatic rings. The lowest BCUT2D eigenvalue weighted by Crippen LogP contribution is -2.49. The minimum atomic E-state index is -1.96. The van der Waals surface area contributed by atoms with Gasteiger partial charge in [0.15, 0.2) is 23.2 Å². The number of hydrogen-bond acceptors (Lipinski definition) is 9. The Kier molecular flexibility index (Phi) is 7.29. The van der Waals surface area contributed by atoms with Gasteiger partial charge in [0.1, 0.15) is 5.76 Å². The number of carbonyl (C=O) groups is 2. The molecule has 9 nitrogen and oxygen atoms in total. The second-order valence-electron chi connectivity index (χ2n) is 11.8. The molecule has 1 fully saturated rings. The molecule has 210 valence electrons. The number of rotatable bonds is 8. The zero-order valence-corrected chi connectivity index (χ0v) is 23.1. The lowest BCUT2D eigenvalue weighted by Gasteiger charge is -2.39. The van der Waals surface area contributed by atoms with E-state index < -0.39 is 17.7 Å². The van der Waals surface area contributed by atoms with E-state index in [1.165, 1.54) is 0 Å². The molecule has 0 unspecified atom stereocenters. The first kappa shape index (κ1) is 27.4. The Hall–Kier alpha value is -3.22. The van der Waals surface area contributed by atoms with Crippen molar-refractivity contribution in [3.05, 3.63) is 35.1 Å². The van der Waals surface area contributed by atoms with Gasteiger partial charge in [0.2, 0.25) is 6.79 Å². The van der Waals surface area contributed by atoms with Crippen molar-refractivity contribution >= 4 is 12.4 Å². The zero-order chi connectivity index (χ0) is 27.8. The molecule has 5 rings (SSSR count). The van der Waals surface area contributed by atoms with Crippen LogP contribution in [-0.2, 0) is 30.2 Å². The molecule has 3 aliphatic heterocycles. The van der Waals surface area contributed by atoms with Crippen LogP contribution < -0.4 is 9.47 Å². The van der Waals surface area contributed by atoms with E-state index in [1.54, 1.807) is 7.11 Å². The molecule has 4 atom stereocenters. The van der Waals surface area contributed by atoms with Gasteiger partial charge in [-0.3, -0.25) is 9.69 Å². The van der Waals surface area contributed by atoms with Crippen molar-refractivity contribution in [3.63, 3.8) is 0 Å². The van der Waals surface area contributed by atoms with Crippen LogP contribution in [0.1, 0.15) is 63.5 Å². The maximum absolute atomic E-state index is 13.8. The van der Waals surface area contributed by atoms with Crippen LogP contribution in [0, 0.1) is 17.3 Å². The normalized spacial score (nSPS) is 26.5. The number of benzene rings is 1. The Morgan fingerprint density at radius 1 is 1.26 bits per heavy atom. The number of hydrogen-bond donors (Lipinski definition) is 1. The number of nitrogens with zero attached hydrogens (tertiary/aromatic N) is 1. The van der Waals surface area contributed by atoms with Gasteiger partial charge in [-0.2, -0.15) is 0 Å². The molecule has 1 saturated heterocycles. The van der Waals surface area contributed by atoms with Crippen LogP contribution >= 0.6 is 0 Å². The van der Waals surface area contributed by atoms with Gasteiger partial charge in [-0.25, -0.2) is 4.79 Å². The molecule has 1 aromatic carbocycles. The third-order valence-corrected chi connectivity index (χ3v) is 8.12. The number of fused-ring (bicyclic) bond motifs is 3. The second kappa shape index (κ2) is 10.4. The summed E-state index contributed by atoms with van der Waals surface area (Å²) < 4.78 is 28.2. The maximum atomic E-state index is 13.8. The van der Waals surface area contributed by atoms with Gasteiger partial charge >= 0.3 is 5.97 Å². The molecule has 39 heavy (non-hydrogen) atoms. The fourth-order valence-corrected chi connectivity index (χ4v) is 6.31. The van der Waals surface area contributed by atoms with E-state index in [9.17, 15) is 14.7 Å². The van der Waals surface area contributed by atoms with Crippen LogP contribution in [0.2, 0.25) is 0 Å². The fourth-order valence-electron chi connectivity index (χ4n) is 6.31. The van der Waals surface area contributed by atoms with Gasteiger partial charge in [-0.05, 0) is 75.9 Å². The number of ether oxygens (including phenoxy) is 5. The van der Waals surface area contributed by atoms with Gasteiger partial charge < -0.3 is 28.8 Å². The van der Waals surface area contributed by atoms with Crippen molar-refractivity contribution in [3.8, 4) is 23.3 Å². The first-order chi connectivity index (χ1) is 18.6. The number of aliphatic hydroxyl groups is 1. The fraction of sp³-hybridized carbons (Fsp3) is 0.600. The molecule has 9 heteroatoms. The van der Waals surface area contributed by atoms with E-state index >= 15 is 0 Å². The molecule has 1 aromatic rings. The number of methoxy groups -OCH3 is 1. The first-order valence-electron chi connectivity index (χ1n) is 13.5. The van der Waals surface area contributed by atoms with Crippen molar-refractivity contribution in [1.82, 2.24) is 4.90 Å². The Labute approximate surface area is 229 Å². The molecule has 1 N–H and O–H groups in total. The van der Waals surface area contributed by atoms with E-state index in [-0.39, 0.29) is 43.1 Å². The molecule has 0 amide bonds. The number of carbonyl (C=O) groups excluding carboxylic acids is 2. The molecular weight excluding hydrogens is 502 g/mol. The average molecular weight is 540 g/mol. The summed E-state index contributed by atoms with van der Waals surface area (Å²) in [6.07, 6.45) is 3.78. The highest BCUT2D eigenvalue weighted by molar-refractivity contribution is 5.80. The summed E-state index contributed by atoms with van der Waals surface area (Å²) in [6, 6.07) is 4.05. The molecule has 1 spiro atoms. The van der Waals surface area contributed by atoms with E-state index in [1.807, 2.05) is 32.9 Å². The minimum Gasteiger partial charge on any atom is -0.497 e. The third-order valence-electron chi connectivity index (χ3n) is 8.12. The predicted molar refractivity (Wildman–Crippen MR) is 141 cm³/mol. The summed E-state index contributed by atoms with van der Waals surface area (Å²) in [6.45, 7) is 7.95. The van der Waals surface area contributed by atoms with Crippen molar-refractivity contribution < 1.29 is 38.4 Å². The summed E-state index contributed by atoms with van der Waals surface area (Å²) in [4.78, 5) is 27.0. The summed E-state index contributed by atoms with van der Waals surface area (Å²) >= 11 is 0. The summed E-state index contributed by atoms with van der Waals surface area (Å²) in [5.41, 5.74) is -0.510. The quantitative estimate of drug-likeness (QED) is 0.231. The molecule has 0 aromatic heterocycles. The molecular formula is C30H37NO8. The zero-order valence-electron chi connectivity index (χ0n) is 23.1. The van der Waals surface area contributed by atoms with E-state index in [0.29, 0.717) is 18.0 Å². The van der Waals surface area contributed by atoms with Gasteiger partial charge in [0.05, 0.1) is 25.2 Å². The largest absolute Gasteiger partial charge is 0.497 e. The van der Waals surface area contributed by atoms with Crippen molar-refractivity contribution in [2.45, 2.75) is 76.0 Å². The second-order valence-corrected chi connectivity index (χ2v) is 11.8. The maximum Gasteiger partial charge on any atom is 0.340 e. The van der Waals surface area contributed by atoms with Crippen LogP contribution in [0.5, 0.6) is 11.5 Å². The SMILES string of the molecule is COC1=C[C@]23CCCN2CCc2cc4c(cc2[C@@H]3[C@@H]1OC(=O)[C@@](O)(CC#CC(C)(C)C)CCOC=O)OCO4. The Balaban J connectivity index is 1.51. The van der Waals surface area contributed by atoms with E-state index in [2.05, 4.69) is 22.8 Å². The Bertz CT molecular complexity index is 1220. The van der Waals surface area contributed by atoms with Crippen molar-refractivity contribution in [1.29, 1.82) is 0 Å². The Morgan fingerprint density at radius 2 is 2.03 bits per heavy atom. The van der Waals surface area contributed by atoms with Gasteiger partial charge in [0, 0.05) is 24.8 Å². The van der Waals surface area contributed by atoms with E-state index in [0.717, 1.165) is 49.2 Å². The van der Waals surface area contributed by atoms with Gasteiger partial charge in [0.25, 0.3) is 6.47 Å². The molecule has 0 bridgehead atoms. The standard InChI is InChI=1S/C30H37NO8/c1-28(2,3)8-5-10-30(34,11-14-36-18-32)27(33)39-26-24(35-4)17-29-9-6-12-31(29)13-7-20-15-22-23(38-19-37-22)16-21(20)25(26)29/h15-18,25-26,34H,6-7,9-14,19H2,1-4H3/t25-,26-,29+,30-/m1/s1. The van der Waals surface area contributed by atoms with Crippen LogP contribution in [0.3, 0.4) is 0 Å². The third kappa shape index (κ3) is 5.08. The average Bonchev–Trinajstić information content (AvgIpc) is 3.57. The van der Waals surface area contributed by atoms with Crippen LogP contribution in [0.15, 0.2) is 24.0 Å². The molecule has 0 saturated carbocycles. The topological polar surface area (TPSA) is 104 Å². The lowest BCUT2D eigenvalue weighted by atomic mass is 9.77. The molecule has 3 heterocycles. The summed E-state index contributed by atoms with van der Waals surface area (Å²) in [5, 5.41) is 11.5. The van der Waals surface area contributed by atoms with Gasteiger partial charge in [-0.1, -0.05) is 11.8 Å². The van der Waals surface area contributed by atoms with Gasteiger partial charge in [-0.15, -0.1) is 0 Å². The number of esters is 1. The lowest BCUT2D eigenvalue weighted by molar-refractivity contribution is -0.174. The molecule has 0 radical (unpaired) electrons. The Morgan fingerprint density at radius 3 is 2.74 bits per heavy atom. The first-order valence-corrected chi connectivity index (χ1v) is 13.5. The smallest absolute Gasteiger partial charge is 0.340 e. The van der Waals surface area contributed by atoms with Crippen molar-refractivity contribution in [2.75, 3.05) is 33.6 Å². The summed E-state index contributed by atoms with van der Waals surface area (Å²) in [5.74, 6) is 6.87. The van der Waals surface area contributed by atoms with Crippen molar-refractivity contribution in [2.24, 2.45) is 5.41 Å². The monoisotopic (exact) mass is 539 g/mol. The van der Waals surface area contributed by atoms with Crippen LogP contribution in [0.4, 0.5) is 0 Å². The summed E-state index contributed by atoms with van der Waals surface area (Å²) in [7, 11) is 1.58. The highest BCUT2D eigenvalue weighted by Gasteiger charge is 2.58. The van der Waals surface area contributed by atoms with Crippen LogP contribution in [-0.4, -0.2) is 73.3 Å². The van der Waals surface area contributed by atoms with E-state index in [4.69, 9.17) is 23.7 Å². The highest BCUT2D eigenvalue weighted by Crippen LogP contribution is 2.55.